The van der Waals surface area contributed by atoms with E-state index in [0.717, 1.165) is 31.8 Å². The molecule has 160 valence electrons. The zero-order valence-corrected chi connectivity index (χ0v) is 19.3. The van der Waals surface area contributed by atoms with Crippen LogP contribution >= 0.6 is 15.9 Å². The molecule has 0 radical (unpaired) electrons. The molecule has 5 aromatic rings. The smallest absolute Gasteiger partial charge is 0.266 e. The predicted molar refractivity (Wildman–Crippen MR) is 135 cm³/mol. The van der Waals surface area contributed by atoms with Crippen molar-refractivity contribution in [2.45, 2.75) is 0 Å². The SMILES string of the molecule is Cn1cc(C2=C(c3c[nH]c4cccc(Br)c34)C(=O)N(c3ccccc3)C2=O)c2ccccc21. The third-order valence-corrected chi connectivity index (χ3v) is 6.85. The number of hydrogen-bond donors (Lipinski definition) is 1. The monoisotopic (exact) mass is 495 g/mol. The maximum Gasteiger partial charge on any atom is 0.266 e. The number of nitrogens with zero attached hydrogens (tertiary/aromatic N) is 2. The molecule has 6 heteroatoms. The fourth-order valence-electron chi connectivity index (χ4n) is 4.72. The number of imide groups is 1. The van der Waals surface area contributed by atoms with Gasteiger partial charge in [0.15, 0.2) is 0 Å². The molecule has 0 saturated carbocycles. The van der Waals surface area contributed by atoms with E-state index >= 15 is 0 Å². The molecule has 0 unspecified atom stereocenters. The Balaban J connectivity index is 1.69. The van der Waals surface area contributed by atoms with E-state index < -0.39 is 0 Å². The highest BCUT2D eigenvalue weighted by molar-refractivity contribution is 9.10. The summed E-state index contributed by atoms with van der Waals surface area (Å²) in [6, 6.07) is 22.8. The second-order valence-corrected chi connectivity index (χ2v) is 8.92. The van der Waals surface area contributed by atoms with Crippen LogP contribution < -0.4 is 4.90 Å². The maximum absolute atomic E-state index is 13.9. The van der Waals surface area contributed by atoms with E-state index in [4.69, 9.17) is 0 Å². The standard InChI is InChI=1S/C27H18BrN3O2/c1-30-15-19(17-10-5-6-13-22(17)30)25-24(18-14-29-21-12-7-11-20(28)23(18)21)26(32)31(27(25)33)16-8-3-2-4-9-16/h2-15,29H,1H3. The summed E-state index contributed by atoms with van der Waals surface area (Å²) in [4.78, 5) is 32.4. The zero-order chi connectivity index (χ0) is 22.7. The Bertz CT molecular complexity index is 1600. The van der Waals surface area contributed by atoms with Gasteiger partial charge in [0, 0.05) is 56.8 Å². The van der Waals surface area contributed by atoms with Crippen LogP contribution in [0.4, 0.5) is 5.69 Å². The summed E-state index contributed by atoms with van der Waals surface area (Å²) >= 11 is 3.63. The third-order valence-electron chi connectivity index (χ3n) is 6.19. The number of benzene rings is 3. The van der Waals surface area contributed by atoms with Gasteiger partial charge in [-0.3, -0.25) is 9.59 Å². The summed E-state index contributed by atoms with van der Waals surface area (Å²) in [5.74, 6) is -0.648. The van der Waals surface area contributed by atoms with Gasteiger partial charge in [-0.05, 0) is 30.3 Å². The van der Waals surface area contributed by atoms with Gasteiger partial charge < -0.3 is 9.55 Å². The number of carbonyl (C=O) groups excluding carboxylic acids is 2. The molecule has 0 fully saturated rings. The molecule has 1 aliphatic rings. The molecule has 2 aromatic heterocycles. The van der Waals surface area contributed by atoms with Crippen molar-refractivity contribution >= 4 is 66.4 Å². The summed E-state index contributed by atoms with van der Waals surface area (Å²) in [6.07, 6.45) is 3.75. The number of para-hydroxylation sites is 2. The Morgan fingerprint density at radius 1 is 0.788 bits per heavy atom. The number of amides is 2. The molecule has 1 N–H and O–H groups in total. The number of aryl methyl sites for hydroxylation is 1. The van der Waals surface area contributed by atoms with E-state index in [1.165, 1.54) is 4.90 Å². The first-order valence-electron chi connectivity index (χ1n) is 10.5. The van der Waals surface area contributed by atoms with E-state index in [1.54, 1.807) is 12.1 Å². The lowest BCUT2D eigenvalue weighted by atomic mass is 9.95. The van der Waals surface area contributed by atoms with E-state index in [0.29, 0.717) is 22.4 Å². The number of halogens is 1. The number of aromatic nitrogens is 2. The molecular weight excluding hydrogens is 478 g/mol. The molecule has 0 aliphatic carbocycles. The van der Waals surface area contributed by atoms with Gasteiger partial charge in [0.25, 0.3) is 11.8 Å². The van der Waals surface area contributed by atoms with Gasteiger partial charge in [0.2, 0.25) is 0 Å². The predicted octanol–water partition coefficient (Wildman–Crippen LogP) is 5.91. The van der Waals surface area contributed by atoms with Crippen molar-refractivity contribution in [2.75, 3.05) is 4.90 Å². The summed E-state index contributed by atoms with van der Waals surface area (Å²) in [5.41, 5.74) is 4.72. The number of fused-ring (bicyclic) bond motifs is 2. The Kier molecular flexibility index (Phi) is 4.38. The van der Waals surface area contributed by atoms with Gasteiger partial charge >= 0.3 is 0 Å². The van der Waals surface area contributed by atoms with Gasteiger partial charge in [-0.25, -0.2) is 4.90 Å². The Labute approximate surface area is 198 Å². The van der Waals surface area contributed by atoms with Crippen LogP contribution in [0, 0.1) is 0 Å². The lowest BCUT2D eigenvalue weighted by Crippen LogP contribution is -2.31. The van der Waals surface area contributed by atoms with E-state index in [2.05, 4.69) is 20.9 Å². The zero-order valence-electron chi connectivity index (χ0n) is 17.7. The minimum atomic E-state index is -0.328. The van der Waals surface area contributed by atoms with E-state index in [-0.39, 0.29) is 11.8 Å². The van der Waals surface area contributed by atoms with Crippen molar-refractivity contribution < 1.29 is 9.59 Å². The minimum absolute atomic E-state index is 0.320. The highest BCUT2D eigenvalue weighted by Crippen LogP contribution is 2.43. The van der Waals surface area contributed by atoms with Gasteiger partial charge in [-0.15, -0.1) is 0 Å². The average molecular weight is 496 g/mol. The second kappa shape index (κ2) is 7.32. The van der Waals surface area contributed by atoms with E-state index in [9.17, 15) is 9.59 Å². The number of hydrogen-bond acceptors (Lipinski definition) is 2. The quantitative estimate of drug-likeness (QED) is 0.316. The van der Waals surface area contributed by atoms with Crippen LogP contribution in [0.1, 0.15) is 11.1 Å². The van der Waals surface area contributed by atoms with Crippen LogP contribution in [0.2, 0.25) is 0 Å². The van der Waals surface area contributed by atoms with Crippen LogP contribution in [-0.4, -0.2) is 21.4 Å². The molecule has 6 rings (SSSR count). The molecule has 5 nitrogen and oxygen atoms in total. The number of nitrogens with one attached hydrogen (secondary N) is 1. The topological polar surface area (TPSA) is 58.1 Å². The Hall–Kier alpha value is -3.90. The van der Waals surface area contributed by atoms with Crippen LogP contribution in [-0.2, 0) is 16.6 Å². The Morgan fingerprint density at radius 2 is 1.48 bits per heavy atom. The highest BCUT2D eigenvalue weighted by Gasteiger charge is 2.42. The van der Waals surface area contributed by atoms with Crippen molar-refractivity contribution in [1.29, 1.82) is 0 Å². The van der Waals surface area contributed by atoms with Crippen molar-refractivity contribution in [1.82, 2.24) is 9.55 Å². The molecule has 0 saturated heterocycles. The maximum atomic E-state index is 13.9. The van der Waals surface area contributed by atoms with Gasteiger partial charge in [0.1, 0.15) is 0 Å². The molecule has 3 aromatic carbocycles. The molecule has 1 aliphatic heterocycles. The van der Waals surface area contributed by atoms with Gasteiger partial charge in [-0.2, -0.15) is 0 Å². The molecule has 3 heterocycles. The number of H-pyrrole nitrogens is 1. The molecule has 0 atom stereocenters. The van der Waals surface area contributed by atoms with Gasteiger partial charge in [0.05, 0.1) is 16.8 Å². The van der Waals surface area contributed by atoms with E-state index in [1.807, 2.05) is 84.7 Å². The first-order chi connectivity index (χ1) is 16.1. The van der Waals surface area contributed by atoms with Crippen LogP contribution in [0.5, 0.6) is 0 Å². The lowest BCUT2D eigenvalue weighted by molar-refractivity contribution is -0.119. The normalized spacial score (nSPS) is 14.3. The lowest BCUT2D eigenvalue weighted by Gasteiger charge is -2.15. The number of aromatic amines is 1. The van der Waals surface area contributed by atoms with Crippen molar-refractivity contribution in [3.63, 3.8) is 0 Å². The van der Waals surface area contributed by atoms with Crippen LogP contribution in [0.15, 0.2) is 89.7 Å². The summed E-state index contributed by atoms with van der Waals surface area (Å²) in [5, 5.41) is 1.81. The first kappa shape index (κ1) is 19.8. The highest BCUT2D eigenvalue weighted by atomic mass is 79.9. The molecule has 0 bridgehead atoms. The Morgan fingerprint density at radius 3 is 2.27 bits per heavy atom. The largest absolute Gasteiger partial charge is 0.361 e. The van der Waals surface area contributed by atoms with Gasteiger partial charge in [-0.1, -0.05) is 58.4 Å². The molecule has 0 spiro atoms. The average Bonchev–Trinajstić information content (AvgIpc) is 3.47. The fraction of sp³-hybridized carbons (Fsp3) is 0.0370. The molecule has 2 amide bonds. The summed E-state index contributed by atoms with van der Waals surface area (Å²) in [6.45, 7) is 0. The minimum Gasteiger partial charge on any atom is -0.361 e. The number of carbonyl (C=O) groups is 2. The van der Waals surface area contributed by atoms with Crippen molar-refractivity contribution in [2.24, 2.45) is 7.05 Å². The molecule has 33 heavy (non-hydrogen) atoms. The summed E-state index contributed by atoms with van der Waals surface area (Å²) in [7, 11) is 1.95. The first-order valence-corrected chi connectivity index (χ1v) is 11.3. The van der Waals surface area contributed by atoms with Crippen molar-refractivity contribution in [3.8, 4) is 0 Å². The molecular formula is C27H18BrN3O2. The van der Waals surface area contributed by atoms with Crippen molar-refractivity contribution in [3.05, 3.63) is 101 Å². The second-order valence-electron chi connectivity index (χ2n) is 8.07. The fourth-order valence-corrected chi connectivity index (χ4v) is 5.30. The third kappa shape index (κ3) is 2.84. The van der Waals surface area contributed by atoms with Crippen LogP contribution in [0.3, 0.4) is 0 Å². The number of rotatable bonds is 3. The summed E-state index contributed by atoms with van der Waals surface area (Å²) < 4.78 is 2.85. The number of anilines is 1. The van der Waals surface area contributed by atoms with Crippen LogP contribution in [0.25, 0.3) is 33.0 Å².